The molecule has 2 amide bonds. The van der Waals surface area contributed by atoms with Crippen LogP contribution in [0, 0.1) is 22.7 Å². The van der Waals surface area contributed by atoms with Crippen molar-refractivity contribution in [3.8, 4) is 0 Å². The molecular formula is C14H19F3N2O2. The molecule has 1 aliphatic heterocycles. The van der Waals surface area contributed by atoms with E-state index in [1.54, 1.807) is 4.90 Å². The number of carbonyl (C=O) groups excluding carboxylic acids is 2. The van der Waals surface area contributed by atoms with Gasteiger partial charge < -0.3 is 10.2 Å². The first-order chi connectivity index (χ1) is 9.59. The van der Waals surface area contributed by atoms with E-state index in [1.165, 1.54) is 0 Å². The van der Waals surface area contributed by atoms with Crippen LogP contribution >= 0.6 is 0 Å². The van der Waals surface area contributed by atoms with Gasteiger partial charge >= 0.3 is 6.18 Å². The van der Waals surface area contributed by atoms with E-state index in [0.29, 0.717) is 24.9 Å². The molecule has 1 saturated heterocycles. The summed E-state index contributed by atoms with van der Waals surface area (Å²) in [5.41, 5.74) is -1.98. The fraction of sp³-hybridized carbons (Fsp3) is 0.857. The molecule has 7 heteroatoms. The molecule has 2 atom stereocenters. The first-order valence-corrected chi connectivity index (χ1v) is 7.22. The maximum Gasteiger partial charge on any atom is 0.403 e. The first-order valence-electron chi connectivity index (χ1n) is 7.22. The van der Waals surface area contributed by atoms with Crippen LogP contribution in [0.2, 0.25) is 0 Å². The summed E-state index contributed by atoms with van der Waals surface area (Å²) >= 11 is 0. The summed E-state index contributed by atoms with van der Waals surface area (Å²) in [5.74, 6) is -0.374. The van der Waals surface area contributed by atoms with Crippen molar-refractivity contribution >= 4 is 11.8 Å². The van der Waals surface area contributed by atoms with Crippen molar-refractivity contribution in [3.63, 3.8) is 0 Å². The highest BCUT2D eigenvalue weighted by Gasteiger charge is 2.68. The lowest BCUT2D eigenvalue weighted by molar-refractivity contribution is -0.192. The number of nitrogens with one attached hydrogen (secondary N) is 1. The summed E-state index contributed by atoms with van der Waals surface area (Å²) < 4.78 is 38.3. The van der Waals surface area contributed by atoms with E-state index in [9.17, 15) is 22.8 Å². The molecule has 0 aromatic heterocycles. The van der Waals surface area contributed by atoms with Crippen LogP contribution in [0.25, 0.3) is 0 Å². The van der Waals surface area contributed by atoms with Crippen molar-refractivity contribution in [2.75, 3.05) is 19.6 Å². The molecule has 2 saturated carbocycles. The van der Waals surface area contributed by atoms with Gasteiger partial charge in [-0.25, -0.2) is 0 Å². The zero-order valence-electron chi connectivity index (χ0n) is 12.1. The third kappa shape index (κ3) is 2.12. The number of halogens is 3. The van der Waals surface area contributed by atoms with Gasteiger partial charge in [0.2, 0.25) is 11.8 Å². The fourth-order valence-corrected chi connectivity index (χ4v) is 3.54. The minimum Gasteiger partial charge on any atom is -0.346 e. The number of nitrogens with zero attached hydrogens (tertiary/aromatic N) is 1. The zero-order valence-corrected chi connectivity index (χ0v) is 12.1. The van der Waals surface area contributed by atoms with Gasteiger partial charge in [0, 0.05) is 13.1 Å². The quantitative estimate of drug-likeness (QED) is 0.860. The molecular weight excluding hydrogens is 285 g/mol. The summed E-state index contributed by atoms with van der Waals surface area (Å²) in [6, 6.07) is 0. The van der Waals surface area contributed by atoms with Crippen LogP contribution in [0.1, 0.15) is 26.7 Å². The number of hydrogen-bond donors (Lipinski definition) is 1. The second kappa shape index (κ2) is 4.14. The highest BCUT2D eigenvalue weighted by atomic mass is 19.4. The number of carbonyl (C=O) groups is 2. The predicted molar refractivity (Wildman–Crippen MR) is 68.1 cm³/mol. The van der Waals surface area contributed by atoms with Crippen molar-refractivity contribution in [1.29, 1.82) is 0 Å². The molecule has 0 aromatic carbocycles. The van der Waals surface area contributed by atoms with E-state index in [-0.39, 0.29) is 30.7 Å². The average Bonchev–Trinajstić information content (AvgIpc) is 3.20. The van der Waals surface area contributed by atoms with Gasteiger partial charge in [0.25, 0.3) is 0 Å². The number of alkyl halides is 3. The Labute approximate surface area is 121 Å². The molecule has 3 rings (SSSR count). The topological polar surface area (TPSA) is 49.4 Å². The normalized spacial score (nSPS) is 31.6. The number of piperidine rings is 1. The van der Waals surface area contributed by atoms with Gasteiger partial charge in [-0.05, 0) is 30.1 Å². The Kier molecular flexibility index (Phi) is 2.89. The second-order valence-electron chi connectivity index (χ2n) is 7.10. The van der Waals surface area contributed by atoms with Crippen LogP contribution in [-0.2, 0) is 9.59 Å². The Bertz CT molecular complexity index is 483. The number of fused-ring (bicyclic) bond motifs is 1. The highest BCUT2D eigenvalue weighted by Crippen LogP contribution is 2.62. The SMILES string of the molecule is CC1(C)C2CN(C(=O)CNC(=O)C3(C(F)(F)F)CC3)CC21. The Morgan fingerprint density at radius 2 is 1.71 bits per heavy atom. The summed E-state index contributed by atoms with van der Waals surface area (Å²) in [4.78, 5) is 25.3. The third-order valence-corrected chi connectivity index (χ3v) is 5.60. The Balaban J connectivity index is 1.49. The number of hydrogen-bond acceptors (Lipinski definition) is 2. The molecule has 3 aliphatic rings. The van der Waals surface area contributed by atoms with Gasteiger partial charge in [-0.2, -0.15) is 13.2 Å². The van der Waals surface area contributed by atoms with Gasteiger partial charge in [-0.1, -0.05) is 13.8 Å². The molecule has 21 heavy (non-hydrogen) atoms. The summed E-state index contributed by atoms with van der Waals surface area (Å²) in [5, 5.41) is 2.17. The number of amides is 2. The van der Waals surface area contributed by atoms with Crippen molar-refractivity contribution in [1.82, 2.24) is 10.2 Å². The van der Waals surface area contributed by atoms with E-state index >= 15 is 0 Å². The summed E-state index contributed by atoms with van der Waals surface area (Å²) in [6.45, 7) is 5.28. The van der Waals surface area contributed by atoms with Gasteiger partial charge in [-0.3, -0.25) is 9.59 Å². The molecule has 0 bridgehead atoms. The summed E-state index contributed by atoms with van der Waals surface area (Å²) in [6.07, 6.45) is -4.89. The minimum atomic E-state index is -4.53. The molecule has 1 N–H and O–H groups in total. The highest BCUT2D eigenvalue weighted by molar-refractivity contribution is 5.90. The molecule has 0 spiro atoms. The van der Waals surface area contributed by atoms with E-state index < -0.39 is 17.5 Å². The lowest BCUT2D eigenvalue weighted by Gasteiger charge is -2.23. The van der Waals surface area contributed by atoms with Crippen LogP contribution in [0.15, 0.2) is 0 Å². The van der Waals surface area contributed by atoms with Gasteiger partial charge in [0.05, 0.1) is 6.54 Å². The van der Waals surface area contributed by atoms with Crippen molar-refractivity contribution < 1.29 is 22.8 Å². The lowest BCUT2D eigenvalue weighted by atomic mass is 10.1. The van der Waals surface area contributed by atoms with Crippen molar-refractivity contribution in [2.45, 2.75) is 32.9 Å². The van der Waals surface area contributed by atoms with Crippen LogP contribution in [0.5, 0.6) is 0 Å². The lowest BCUT2D eigenvalue weighted by Crippen LogP contribution is -2.46. The van der Waals surface area contributed by atoms with Crippen molar-refractivity contribution in [2.24, 2.45) is 22.7 Å². The Morgan fingerprint density at radius 3 is 2.14 bits per heavy atom. The van der Waals surface area contributed by atoms with E-state index in [4.69, 9.17) is 0 Å². The standard InChI is InChI=1S/C14H19F3N2O2/c1-12(2)8-6-19(7-9(8)12)10(20)5-18-11(21)13(3-4-13)14(15,16)17/h8-9H,3-7H2,1-2H3,(H,18,21). The maximum absolute atomic E-state index is 12.8. The molecule has 118 valence electrons. The first kappa shape index (κ1) is 14.7. The van der Waals surface area contributed by atoms with Crippen LogP contribution in [-0.4, -0.2) is 42.5 Å². The maximum atomic E-state index is 12.8. The van der Waals surface area contributed by atoms with Crippen LogP contribution in [0.4, 0.5) is 13.2 Å². The van der Waals surface area contributed by atoms with Gasteiger partial charge in [-0.15, -0.1) is 0 Å². The van der Waals surface area contributed by atoms with Crippen LogP contribution in [0.3, 0.4) is 0 Å². The van der Waals surface area contributed by atoms with Gasteiger partial charge in [0.1, 0.15) is 5.41 Å². The van der Waals surface area contributed by atoms with E-state index in [1.807, 2.05) is 0 Å². The fourth-order valence-electron chi connectivity index (χ4n) is 3.54. The molecule has 0 aromatic rings. The van der Waals surface area contributed by atoms with Gasteiger partial charge in [0.15, 0.2) is 0 Å². The van der Waals surface area contributed by atoms with Crippen molar-refractivity contribution in [3.05, 3.63) is 0 Å². The Hall–Kier alpha value is -1.27. The zero-order chi connectivity index (χ0) is 15.6. The smallest absolute Gasteiger partial charge is 0.346 e. The minimum absolute atomic E-state index is 0.182. The molecule has 2 aliphatic carbocycles. The predicted octanol–water partition coefficient (Wildman–Crippen LogP) is 1.56. The number of likely N-dealkylation sites (tertiary alicyclic amines) is 1. The summed E-state index contributed by atoms with van der Waals surface area (Å²) in [7, 11) is 0. The van der Waals surface area contributed by atoms with E-state index in [0.717, 1.165) is 0 Å². The van der Waals surface area contributed by atoms with E-state index in [2.05, 4.69) is 19.2 Å². The third-order valence-electron chi connectivity index (χ3n) is 5.60. The second-order valence-corrected chi connectivity index (χ2v) is 7.10. The molecule has 2 unspecified atom stereocenters. The Morgan fingerprint density at radius 1 is 1.19 bits per heavy atom. The monoisotopic (exact) mass is 304 g/mol. The molecule has 1 heterocycles. The molecule has 3 fully saturated rings. The molecule has 0 radical (unpaired) electrons. The molecule has 4 nitrogen and oxygen atoms in total. The number of rotatable bonds is 3. The van der Waals surface area contributed by atoms with Crippen LogP contribution < -0.4 is 5.32 Å². The average molecular weight is 304 g/mol. The largest absolute Gasteiger partial charge is 0.403 e.